The average molecular weight is 402 g/mol. The molecule has 0 aliphatic rings. The van der Waals surface area contributed by atoms with Crippen LogP contribution < -0.4 is 5.73 Å². The second-order valence-electron chi connectivity index (χ2n) is 3.72. The molecule has 0 aromatic heterocycles. The van der Waals surface area contributed by atoms with Gasteiger partial charge in [0.15, 0.2) is 0 Å². The van der Waals surface area contributed by atoms with Crippen molar-refractivity contribution in [3.8, 4) is 5.75 Å². The first-order valence-electron chi connectivity index (χ1n) is 4.76. The summed E-state index contributed by atoms with van der Waals surface area (Å²) in [6.45, 7) is 0. The highest BCUT2D eigenvalue weighted by molar-refractivity contribution is 9.10. The van der Waals surface area contributed by atoms with Gasteiger partial charge in [0.1, 0.15) is 11.8 Å². The molecule has 120 valence electrons. The number of phenolic OH excluding ortho intramolecular Hbond substituents is 1. The van der Waals surface area contributed by atoms with E-state index in [0.717, 1.165) is 6.07 Å². The van der Waals surface area contributed by atoms with E-state index in [4.69, 9.17) is 5.73 Å². The molecule has 1 rings (SSSR count). The molecular weight excluding hydrogens is 394 g/mol. The molecule has 0 aliphatic heterocycles. The fourth-order valence-electron chi connectivity index (χ4n) is 1.32. The van der Waals surface area contributed by atoms with Gasteiger partial charge >= 0.3 is 12.1 Å². The molecule has 1 aromatic rings. The van der Waals surface area contributed by atoms with Crippen LogP contribution in [-0.2, 0) is 0 Å². The third-order valence-corrected chi connectivity index (χ3v) is 3.00. The summed E-state index contributed by atoms with van der Waals surface area (Å²) >= 11 is 2.61. The molecular formula is C9H7BrClF5N2O3. The maximum absolute atomic E-state index is 13.1. The normalized spacial score (nSPS) is 13.5. The third-order valence-electron chi connectivity index (χ3n) is 2.39. The molecule has 0 aliphatic carbocycles. The summed E-state index contributed by atoms with van der Waals surface area (Å²) in [5, 5.41) is 20.0. The van der Waals surface area contributed by atoms with Crippen LogP contribution in [0, 0.1) is 10.1 Å². The number of hydrogen-bond donors (Lipinski definition) is 2. The number of nitrogens with two attached hydrogens (primary N) is 1. The number of non-ortho nitro benzene ring substituents is 1. The molecule has 0 amide bonds. The number of rotatable bonds is 3. The Bertz CT molecular complexity index is 555. The number of nitro benzene ring substituents is 1. The Morgan fingerprint density at radius 1 is 1.29 bits per heavy atom. The molecule has 1 atom stereocenters. The zero-order valence-electron chi connectivity index (χ0n) is 9.70. The Morgan fingerprint density at radius 2 is 1.76 bits per heavy atom. The van der Waals surface area contributed by atoms with Crippen LogP contribution in [0.15, 0.2) is 16.6 Å². The molecule has 3 N–H and O–H groups in total. The molecule has 21 heavy (non-hydrogen) atoms. The predicted molar refractivity (Wildman–Crippen MR) is 67.6 cm³/mol. The molecule has 0 radical (unpaired) electrons. The van der Waals surface area contributed by atoms with Crippen LogP contribution in [0.5, 0.6) is 5.75 Å². The lowest BCUT2D eigenvalue weighted by atomic mass is 9.99. The second-order valence-corrected chi connectivity index (χ2v) is 4.58. The predicted octanol–water partition coefficient (Wildman–Crippen LogP) is 3.68. The van der Waals surface area contributed by atoms with Crippen LogP contribution in [-0.4, -0.2) is 22.1 Å². The van der Waals surface area contributed by atoms with Gasteiger partial charge in [0, 0.05) is 17.7 Å². The minimum absolute atomic E-state index is 0. The molecule has 5 nitrogen and oxygen atoms in total. The van der Waals surface area contributed by atoms with Gasteiger partial charge in [0.05, 0.1) is 9.40 Å². The maximum Gasteiger partial charge on any atom is 0.455 e. The van der Waals surface area contributed by atoms with Gasteiger partial charge in [0.2, 0.25) is 0 Å². The van der Waals surface area contributed by atoms with Crippen molar-refractivity contribution in [2.45, 2.75) is 18.1 Å². The smallest absolute Gasteiger partial charge is 0.455 e. The Morgan fingerprint density at radius 3 is 2.14 bits per heavy atom. The van der Waals surface area contributed by atoms with Gasteiger partial charge in [-0.2, -0.15) is 22.0 Å². The van der Waals surface area contributed by atoms with Crippen molar-refractivity contribution in [2.75, 3.05) is 0 Å². The monoisotopic (exact) mass is 400 g/mol. The topological polar surface area (TPSA) is 89.4 Å². The summed E-state index contributed by atoms with van der Waals surface area (Å²) in [7, 11) is 0. The van der Waals surface area contributed by atoms with Gasteiger partial charge in [-0.3, -0.25) is 10.1 Å². The first kappa shape index (κ1) is 19.8. The van der Waals surface area contributed by atoms with E-state index >= 15 is 0 Å². The zero-order chi connectivity index (χ0) is 15.9. The number of nitro groups is 1. The maximum atomic E-state index is 13.1. The number of hydrogen-bond acceptors (Lipinski definition) is 4. The van der Waals surface area contributed by atoms with E-state index in [0.29, 0.717) is 6.07 Å². The minimum atomic E-state index is -5.96. The highest BCUT2D eigenvalue weighted by Crippen LogP contribution is 2.47. The lowest BCUT2D eigenvalue weighted by Crippen LogP contribution is -2.45. The highest BCUT2D eigenvalue weighted by atomic mass is 79.9. The molecule has 0 unspecified atom stereocenters. The van der Waals surface area contributed by atoms with E-state index in [1.165, 1.54) is 0 Å². The van der Waals surface area contributed by atoms with Crippen molar-refractivity contribution in [1.29, 1.82) is 0 Å². The molecule has 0 saturated carbocycles. The molecule has 0 saturated heterocycles. The first-order valence-corrected chi connectivity index (χ1v) is 5.55. The van der Waals surface area contributed by atoms with Gasteiger partial charge < -0.3 is 10.8 Å². The highest BCUT2D eigenvalue weighted by Gasteiger charge is 2.62. The third kappa shape index (κ3) is 3.71. The van der Waals surface area contributed by atoms with E-state index in [1.54, 1.807) is 0 Å². The molecule has 1 aromatic carbocycles. The van der Waals surface area contributed by atoms with E-state index < -0.39 is 44.5 Å². The summed E-state index contributed by atoms with van der Waals surface area (Å²) < 4.78 is 62.4. The van der Waals surface area contributed by atoms with Gasteiger partial charge in [0.25, 0.3) is 5.69 Å². The molecule has 0 heterocycles. The Kier molecular flexibility index (Phi) is 5.92. The molecule has 12 heteroatoms. The van der Waals surface area contributed by atoms with Gasteiger partial charge in [-0.1, -0.05) is 0 Å². The van der Waals surface area contributed by atoms with Crippen molar-refractivity contribution in [3.05, 3.63) is 32.3 Å². The largest absolute Gasteiger partial charge is 0.506 e. The number of phenols is 1. The number of halogens is 7. The number of benzene rings is 1. The Hall–Kier alpha value is -1.20. The van der Waals surface area contributed by atoms with Crippen molar-refractivity contribution in [2.24, 2.45) is 5.73 Å². The van der Waals surface area contributed by atoms with Crippen LogP contribution in [0.1, 0.15) is 11.6 Å². The van der Waals surface area contributed by atoms with E-state index in [2.05, 4.69) is 15.9 Å². The lowest BCUT2D eigenvalue weighted by molar-refractivity contribution is -0.385. The van der Waals surface area contributed by atoms with Crippen molar-refractivity contribution in [1.82, 2.24) is 0 Å². The fourth-order valence-corrected chi connectivity index (χ4v) is 1.78. The van der Waals surface area contributed by atoms with Gasteiger partial charge in [-0.25, -0.2) is 0 Å². The average Bonchev–Trinajstić information content (AvgIpc) is 2.29. The van der Waals surface area contributed by atoms with Crippen molar-refractivity contribution >= 4 is 34.0 Å². The van der Waals surface area contributed by atoms with Crippen LogP contribution in [0.2, 0.25) is 0 Å². The Labute approximate surface area is 128 Å². The van der Waals surface area contributed by atoms with Crippen LogP contribution in [0.4, 0.5) is 27.6 Å². The first-order chi connectivity index (χ1) is 8.89. The summed E-state index contributed by atoms with van der Waals surface area (Å²) in [5.41, 5.74) is 2.94. The van der Waals surface area contributed by atoms with Crippen LogP contribution in [0.3, 0.4) is 0 Å². The number of aromatic hydroxyl groups is 1. The fraction of sp³-hybridized carbons (Fsp3) is 0.333. The summed E-state index contributed by atoms with van der Waals surface area (Å²) in [5.74, 6) is -6.38. The van der Waals surface area contributed by atoms with Crippen LogP contribution >= 0.6 is 28.3 Å². The zero-order valence-corrected chi connectivity index (χ0v) is 12.1. The summed E-state index contributed by atoms with van der Waals surface area (Å²) in [6.07, 6.45) is -5.96. The summed E-state index contributed by atoms with van der Waals surface area (Å²) in [4.78, 5) is 9.52. The standard InChI is InChI=1S/C9H6BrF5N2O3.ClH/c10-5-2-3(17(19)20)1-4(6(5)18)7(16)8(11,12)9(13,14)15;/h1-2,7,18H,16H2;1H/t7-;/m0./s1. The molecule has 0 fully saturated rings. The quantitative estimate of drug-likeness (QED) is 0.459. The molecule has 0 bridgehead atoms. The second kappa shape index (κ2) is 6.28. The number of nitrogens with zero attached hydrogens (tertiary/aromatic N) is 1. The number of alkyl halides is 5. The lowest BCUT2D eigenvalue weighted by Gasteiger charge is -2.26. The van der Waals surface area contributed by atoms with E-state index in [1.807, 2.05) is 0 Å². The minimum Gasteiger partial charge on any atom is -0.506 e. The van der Waals surface area contributed by atoms with Gasteiger partial charge in [-0.15, -0.1) is 12.4 Å². The van der Waals surface area contributed by atoms with Crippen molar-refractivity contribution in [3.63, 3.8) is 0 Å². The van der Waals surface area contributed by atoms with E-state index in [9.17, 15) is 37.2 Å². The van der Waals surface area contributed by atoms with Gasteiger partial charge in [-0.05, 0) is 15.9 Å². The van der Waals surface area contributed by atoms with Crippen LogP contribution in [0.25, 0.3) is 0 Å². The molecule has 0 spiro atoms. The summed E-state index contributed by atoms with van der Waals surface area (Å²) in [6, 6.07) is -1.87. The van der Waals surface area contributed by atoms with E-state index in [-0.39, 0.29) is 12.4 Å². The Balaban J connectivity index is 0.00000400. The van der Waals surface area contributed by atoms with Crippen molar-refractivity contribution < 1.29 is 32.0 Å². The SMILES string of the molecule is Cl.N[C@@H](c1cc([N+](=O)[O-])cc(Br)c1O)C(F)(F)C(F)(F)F.